The van der Waals surface area contributed by atoms with Gasteiger partial charge in [0.2, 0.25) is 10.0 Å². The van der Waals surface area contributed by atoms with Gasteiger partial charge >= 0.3 is 5.97 Å². The summed E-state index contributed by atoms with van der Waals surface area (Å²) in [4.78, 5) is 24.1. The lowest BCUT2D eigenvalue weighted by Gasteiger charge is -2.12. The third-order valence-electron chi connectivity index (χ3n) is 3.10. The van der Waals surface area contributed by atoms with Crippen LogP contribution in [0.5, 0.6) is 0 Å². The molecule has 7 nitrogen and oxygen atoms in total. The Morgan fingerprint density at radius 1 is 1.08 bits per heavy atom. The Labute approximate surface area is 150 Å². The second-order valence-corrected chi connectivity index (χ2v) is 7.22. The Balaban J connectivity index is 2.31. The maximum atomic E-state index is 12.5. The number of hydrogen-bond donors (Lipinski definition) is 2. The number of rotatable bonds is 5. The van der Waals surface area contributed by atoms with Crippen molar-refractivity contribution in [2.45, 2.75) is 0 Å². The number of benzene rings is 2. The van der Waals surface area contributed by atoms with Gasteiger partial charge in [-0.25, -0.2) is 13.2 Å². The third-order valence-corrected chi connectivity index (χ3v) is 4.02. The predicted molar refractivity (Wildman–Crippen MR) is 95.7 cm³/mol. The fourth-order valence-electron chi connectivity index (χ4n) is 2.04. The van der Waals surface area contributed by atoms with Crippen LogP contribution < -0.4 is 10.0 Å². The number of amides is 1. The zero-order valence-corrected chi connectivity index (χ0v) is 14.9. The summed E-state index contributed by atoms with van der Waals surface area (Å²) in [7, 11) is -2.32. The van der Waals surface area contributed by atoms with Crippen molar-refractivity contribution < 1.29 is 22.7 Å². The van der Waals surface area contributed by atoms with E-state index in [0.29, 0.717) is 5.69 Å². The van der Waals surface area contributed by atoms with Crippen LogP contribution in [0.2, 0.25) is 5.02 Å². The monoisotopic (exact) mass is 382 g/mol. The van der Waals surface area contributed by atoms with Crippen molar-refractivity contribution in [1.29, 1.82) is 0 Å². The quantitative estimate of drug-likeness (QED) is 0.774. The molecule has 2 rings (SSSR count). The highest BCUT2D eigenvalue weighted by molar-refractivity contribution is 7.92. The van der Waals surface area contributed by atoms with Crippen molar-refractivity contribution in [3.8, 4) is 0 Å². The minimum absolute atomic E-state index is 0.101. The molecule has 0 atom stereocenters. The van der Waals surface area contributed by atoms with E-state index in [1.54, 1.807) is 12.1 Å². The predicted octanol–water partition coefficient (Wildman–Crippen LogP) is 2.75. The van der Waals surface area contributed by atoms with Crippen molar-refractivity contribution in [2.24, 2.45) is 0 Å². The van der Waals surface area contributed by atoms with Crippen molar-refractivity contribution in [3.63, 3.8) is 0 Å². The lowest BCUT2D eigenvalue weighted by molar-refractivity contribution is 0.0600. The maximum absolute atomic E-state index is 12.5. The minimum Gasteiger partial charge on any atom is -0.465 e. The van der Waals surface area contributed by atoms with Crippen molar-refractivity contribution in [1.82, 2.24) is 0 Å². The third kappa shape index (κ3) is 4.94. The van der Waals surface area contributed by atoms with Crippen LogP contribution in [-0.2, 0) is 14.8 Å². The van der Waals surface area contributed by atoms with Crippen molar-refractivity contribution in [2.75, 3.05) is 23.4 Å². The highest BCUT2D eigenvalue weighted by Gasteiger charge is 2.16. The Morgan fingerprint density at radius 2 is 1.76 bits per heavy atom. The van der Waals surface area contributed by atoms with Gasteiger partial charge in [-0.05, 0) is 30.3 Å². The molecule has 2 aromatic carbocycles. The second kappa shape index (κ2) is 7.54. The van der Waals surface area contributed by atoms with Gasteiger partial charge in [0.15, 0.2) is 0 Å². The molecular formula is C16H15ClN2O5S. The number of nitrogens with one attached hydrogen (secondary N) is 2. The molecule has 1 amide bonds. The summed E-state index contributed by atoms with van der Waals surface area (Å²) in [5.41, 5.74) is 0.681. The SMILES string of the molecule is COC(=O)c1cc(NC(=O)c2ccccc2NS(C)(=O)=O)ccc1Cl. The van der Waals surface area contributed by atoms with Gasteiger partial charge in [0, 0.05) is 5.69 Å². The zero-order valence-electron chi connectivity index (χ0n) is 13.4. The molecule has 0 saturated carbocycles. The van der Waals surface area contributed by atoms with E-state index < -0.39 is 21.9 Å². The molecule has 2 aromatic rings. The van der Waals surface area contributed by atoms with E-state index in [2.05, 4.69) is 14.8 Å². The number of carbonyl (C=O) groups is 2. The number of carbonyl (C=O) groups excluding carboxylic acids is 2. The zero-order chi connectivity index (χ0) is 18.6. The summed E-state index contributed by atoms with van der Waals surface area (Å²) in [5, 5.41) is 2.78. The average Bonchev–Trinajstić information content (AvgIpc) is 2.54. The van der Waals surface area contributed by atoms with Crippen LogP contribution in [0, 0.1) is 0 Å². The molecule has 0 unspecified atom stereocenters. The van der Waals surface area contributed by atoms with E-state index in [1.807, 2.05) is 0 Å². The molecule has 0 saturated heterocycles. The van der Waals surface area contributed by atoms with E-state index in [9.17, 15) is 18.0 Å². The van der Waals surface area contributed by atoms with Gasteiger partial charge in [-0.1, -0.05) is 23.7 Å². The van der Waals surface area contributed by atoms with Gasteiger partial charge in [0.1, 0.15) is 0 Å². The molecule has 0 aliphatic rings. The first-order chi connectivity index (χ1) is 11.7. The van der Waals surface area contributed by atoms with Crippen LogP contribution in [0.15, 0.2) is 42.5 Å². The summed E-state index contributed by atoms with van der Waals surface area (Å²) in [6, 6.07) is 10.5. The summed E-state index contributed by atoms with van der Waals surface area (Å²) in [5.74, 6) is -1.19. The van der Waals surface area contributed by atoms with E-state index in [0.717, 1.165) is 6.26 Å². The lowest BCUT2D eigenvalue weighted by atomic mass is 10.1. The number of anilines is 2. The van der Waals surface area contributed by atoms with Gasteiger partial charge < -0.3 is 10.1 Å². The Morgan fingerprint density at radius 3 is 2.40 bits per heavy atom. The van der Waals surface area contributed by atoms with Crippen molar-refractivity contribution >= 4 is 44.9 Å². The molecule has 9 heteroatoms. The molecule has 0 heterocycles. The summed E-state index contributed by atoms with van der Waals surface area (Å²) < 4.78 is 29.7. The van der Waals surface area contributed by atoms with Crippen LogP contribution in [0.1, 0.15) is 20.7 Å². The average molecular weight is 383 g/mol. The van der Waals surface area contributed by atoms with Gasteiger partial charge in [-0.2, -0.15) is 0 Å². The molecule has 132 valence electrons. The fraction of sp³-hybridized carbons (Fsp3) is 0.125. The number of para-hydroxylation sites is 1. The molecule has 0 spiro atoms. The van der Waals surface area contributed by atoms with Gasteiger partial charge in [-0.15, -0.1) is 0 Å². The number of hydrogen-bond acceptors (Lipinski definition) is 5. The number of methoxy groups -OCH3 is 1. The number of ether oxygens (including phenoxy) is 1. The molecule has 0 fully saturated rings. The molecule has 2 N–H and O–H groups in total. The van der Waals surface area contributed by atoms with Crippen LogP contribution >= 0.6 is 11.6 Å². The maximum Gasteiger partial charge on any atom is 0.339 e. The topological polar surface area (TPSA) is 102 Å². The summed E-state index contributed by atoms with van der Waals surface area (Å²) in [6.07, 6.45) is 0.990. The van der Waals surface area contributed by atoms with Gasteiger partial charge in [-0.3, -0.25) is 9.52 Å². The number of halogens is 1. The van der Waals surface area contributed by atoms with E-state index in [1.165, 1.54) is 37.4 Å². The van der Waals surface area contributed by atoms with E-state index in [-0.39, 0.29) is 21.8 Å². The van der Waals surface area contributed by atoms with E-state index >= 15 is 0 Å². The lowest BCUT2D eigenvalue weighted by Crippen LogP contribution is -2.17. The first-order valence-corrected chi connectivity index (χ1v) is 9.24. The minimum atomic E-state index is -3.54. The number of esters is 1. The number of sulfonamides is 1. The van der Waals surface area contributed by atoms with Crippen LogP contribution in [-0.4, -0.2) is 33.7 Å². The van der Waals surface area contributed by atoms with Crippen LogP contribution in [0.3, 0.4) is 0 Å². The van der Waals surface area contributed by atoms with Crippen molar-refractivity contribution in [3.05, 3.63) is 58.6 Å². The Kier molecular flexibility index (Phi) is 5.66. The second-order valence-electron chi connectivity index (χ2n) is 5.06. The Hall–Kier alpha value is -2.58. The first kappa shape index (κ1) is 18.8. The normalized spacial score (nSPS) is 10.8. The molecular weight excluding hydrogens is 368 g/mol. The van der Waals surface area contributed by atoms with Crippen LogP contribution in [0.4, 0.5) is 11.4 Å². The standard InChI is InChI=1S/C16H15ClN2O5S/c1-24-16(21)12-9-10(7-8-13(12)17)18-15(20)11-5-3-4-6-14(11)19-25(2,22)23/h3-9,19H,1-2H3,(H,18,20). The molecule has 0 aromatic heterocycles. The van der Waals surface area contributed by atoms with Crippen LogP contribution in [0.25, 0.3) is 0 Å². The summed E-state index contributed by atoms with van der Waals surface area (Å²) >= 11 is 5.93. The Bertz CT molecular complexity index is 928. The molecule has 0 aliphatic carbocycles. The summed E-state index contributed by atoms with van der Waals surface area (Å²) in [6.45, 7) is 0. The highest BCUT2D eigenvalue weighted by Crippen LogP contribution is 2.23. The first-order valence-electron chi connectivity index (χ1n) is 6.97. The fourth-order valence-corrected chi connectivity index (χ4v) is 2.81. The smallest absolute Gasteiger partial charge is 0.339 e. The molecule has 0 aliphatic heterocycles. The molecule has 25 heavy (non-hydrogen) atoms. The van der Waals surface area contributed by atoms with E-state index in [4.69, 9.17) is 11.6 Å². The molecule has 0 bridgehead atoms. The van der Waals surface area contributed by atoms with Gasteiger partial charge in [0.05, 0.1) is 35.2 Å². The molecule has 0 radical (unpaired) electrons. The van der Waals surface area contributed by atoms with Gasteiger partial charge in [0.25, 0.3) is 5.91 Å². The largest absolute Gasteiger partial charge is 0.465 e. The highest BCUT2D eigenvalue weighted by atomic mass is 35.5.